The molecule has 0 aromatic rings. The van der Waals surface area contributed by atoms with Crippen LogP contribution in [0.25, 0.3) is 0 Å². The molecule has 392 valence electrons. The third-order valence-corrected chi connectivity index (χ3v) is 15.6. The van der Waals surface area contributed by atoms with Crippen LogP contribution in [-0.4, -0.2) is 22.2 Å². The van der Waals surface area contributed by atoms with Crippen molar-refractivity contribution < 1.29 is 19.8 Å². The molecule has 0 heterocycles. The molecule has 0 rings (SSSR count). The highest BCUT2D eigenvalue weighted by molar-refractivity contribution is 5.73. The molecule has 0 amide bonds. The Morgan fingerprint density at radius 2 is 0.591 bits per heavy atom. The molecule has 0 aliphatic rings. The Labute approximate surface area is 414 Å². The van der Waals surface area contributed by atoms with Gasteiger partial charge in [0.25, 0.3) is 0 Å². The first-order valence-corrected chi connectivity index (χ1v) is 30.5. The minimum atomic E-state index is -0.846. The summed E-state index contributed by atoms with van der Waals surface area (Å²) in [5.74, 6) is -1.25. The minimum Gasteiger partial charge on any atom is -0.481 e. The van der Waals surface area contributed by atoms with Crippen LogP contribution in [0.4, 0.5) is 0 Å². The van der Waals surface area contributed by atoms with Crippen LogP contribution in [0.5, 0.6) is 0 Å². The van der Waals surface area contributed by atoms with E-state index in [4.69, 9.17) is 0 Å². The van der Waals surface area contributed by atoms with Crippen LogP contribution in [0.1, 0.15) is 349 Å². The lowest BCUT2D eigenvalue weighted by Gasteiger charge is -2.30. The monoisotopic (exact) mass is 929 g/mol. The zero-order valence-electron chi connectivity index (χ0n) is 45.5. The minimum absolute atomic E-state index is 0.0191. The van der Waals surface area contributed by atoms with Gasteiger partial charge in [0, 0.05) is 6.42 Å². The molecule has 4 atom stereocenters. The largest absolute Gasteiger partial charge is 0.481 e. The van der Waals surface area contributed by atoms with E-state index < -0.39 is 17.9 Å². The van der Waals surface area contributed by atoms with Gasteiger partial charge < -0.3 is 10.2 Å². The first kappa shape index (κ1) is 64.7. The Morgan fingerprint density at radius 3 is 0.894 bits per heavy atom. The third-order valence-electron chi connectivity index (χ3n) is 15.6. The zero-order chi connectivity index (χ0) is 48.2. The fourth-order valence-corrected chi connectivity index (χ4v) is 11.0. The van der Waals surface area contributed by atoms with E-state index in [2.05, 4.69) is 39.8 Å². The summed E-state index contributed by atoms with van der Waals surface area (Å²) >= 11 is 0. The maximum atomic E-state index is 12.8. The van der Waals surface area contributed by atoms with E-state index >= 15 is 0 Å². The van der Waals surface area contributed by atoms with Crippen molar-refractivity contribution in [2.24, 2.45) is 23.7 Å². The Kier molecular flexibility index (Phi) is 52.0. The molecule has 2 N–H and O–H groups in total. The summed E-state index contributed by atoms with van der Waals surface area (Å²) in [6.45, 7) is 9.21. The van der Waals surface area contributed by atoms with Crippen molar-refractivity contribution in [1.82, 2.24) is 0 Å². The highest BCUT2D eigenvalue weighted by Gasteiger charge is 2.31. The highest BCUT2D eigenvalue weighted by Crippen LogP contribution is 2.35. The van der Waals surface area contributed by atoms with Gasteiger partial charge in [-0.15, -0.1) is 0 Å². The molecule has 4 nitrogen and oxygen atoms in total. The second-order valence-electron chi connectivity index (χ2n) is 21.7. The number of carbonyl (C=O) groups is 2. The summed E-state index contributed by atoms with van der Waals surface area (Å²) in [6, 6.07) is 0. The predicted molar refractivity (Wildman–Crippen MR) is 292 cm³/mol. The van der Waals surface area contributed by atoms with E-state index in [0.717, 1.165) is 32.1 Å². The topological polar surface area (TPSA) is 74.6 Å². The van der Waals surface area contributed by atoms with Gasteiger partial charge in [0.2, 0.25) is 0 Å². The van der Waals surface area contributed by atoms with Crippen molar-refractivity contribution in [3.63, 3.8) is 0 Å². The average molecular weight is 930 g/mol. The van der Waals surface area contributed by atoms with Crippen LogP contribution in [-0.2, 0) is 9.59 Å². The molecule has 4 unspecified atom stereocenters. The highest BCUT2D eigenvalue weighted by atomic mass is 16.4. The number of carboxylic acids is 2. The quantitative estimate of drug-likeness (QED) is 0.0471. The lowest BCUT2D eigenvalue weighted by Crippen LogP contribution is -2.27. The number of allylic oxidation sites excluding steroid dienone is 2. The van der Waals surface area contributed by atoms with Gasteiger partial charge in [-0.3, -0.25) is 9.59 Å². The first-order valence-electron chi connectivity index (χ1n) is 30.5. The Morgan fingerprint density at radius 1 is 0.318 bits per heavy atom. The van der Waals surface area contributed by atoms with Gasteiger partial charge in [0.05, 0.1) is 5.92 Å². The Balaban J connectivity index is 4.68. The third kappa shape index (κ3) is 45.1. The van der Waals surface area contributed by atoms with E-state index in [0.29, 0.717) is 24.7 Å². The number of hydrogen-bond donors (Lipinski definition) is 2. The molecule has 4 heteroatoms. The predicted octanol–water partition coefficient (Wildman–Crippen LogP) is 21.8. The molecule has 0 aliphatic carbocycles. The summed E-state index contributed by atoms with van der Waals surface area (Å²) in [5, 5.41) is 20.4. The number of hydrogen-bond acceptors (Lipinski definition) is 2. The fourth-order valence-electron chi connectivity index (χ4n) is 11.0. The van der Waals surface area contributed by atoms with Gasteiger partial charge >= 0.3 is 11.9 Å². The van der Waals surface area contributed by atoms with Gasteiger partial charge in [-0.05, 0) is 62.7 Å². The van der Waals surface area contributed by atoms with E-state index in [1.807, 2.05) is 0 Å². The van der Waals surface area contributed by atoms with Gasteiger partial charge in [-0.2, -0.15) is 0 Å². The molecule has 0 bridgehead atoms. The van der Waals surface area contributed by atoms with Gasteiger partial charge in [-0.25, -0.2) is 0 Å². The van der Waals surface area contributed by atoms with E-state index in [1.165, 1.54) is 270 Å². The number of rotatable bonds is 56. The summed E-state index contributed by atoms with van der Waals surface area (Å²) in [4.78, 5) is 24.8. The van der Waals surface area contributed by atoms with Crippen LogP contribution in [0, 0.1) is 23.7 Å². The van der Waals surface area contributed by atoms with Crippen LogP contribution < -0.4 is 0 Å². The molecule has 66 heavy (non-hydrogen) atoms. The van der Waals surface area contributed by atoms with Crippen molar-refractivity contribution in [2.45, 2.75) is 349 Å². The van der Waals surface area contributed by atoms with Crippen molar-refractivity contribution in [2.75, 3.05) is 0 Å². The molecular formula is C62H120O4. The molecule has 0 aromatic carbocycles. The van der Waals surface area contributed by atoms with Crippen LogP contribution in [0.15, 0.2) is 12.2 Å². The molecule has 0 aromatic heterocycles. The van der Waals surface area contributed by atoms with Gasteiger partial charge in [0.1, 0.15) is 0 Å². The normalized spacial score (nSPS) is 13.7. The Bertz CT molecular complexity index is 1010. The van der Waals surface area contributed by atoms with Crippen LogP contribution in [0.2, 0.25) is 0 Å². The second-order valence-corrected chi connectivity index (χ2v) is 21.7. The van der Waals surface area contributed by atoms with Gasteiger partial charge in [0.15, 0.2) is 0 Å². The summed E-state index contributed by atoms with van der Waals surface area (Å²) in [7, 11) is 0. The summed E-state index contributed by atoms with van der Waals surface area (Å²) in [5.41, 5.74) is 0. The summed E-state index contributed by atoms with van der Waals surface area (Å²) < 4.78 is 0. The van der Waals surface area contributed by atoms with E-state index in [1.54, 1.807) is 0 Å². The van der Waals surface area contributed by atoms with Crippen molar-refractivity contribution in [3.8, 4) is 0 Å². The second kappa shape index (κ2) is 53.0. The number of unbranched alkanes of at least 4 members (excludes halogenated alkanes) is 39. The first-order chi connectivity index (χ1) is 32.4. The lowest BCUT2D eigenvalue weighted by molar-refractivity contribution is -0.146. The van der Waals surface area contributed by atoms with Gasteiger partial charge in [-0.1, -0.05) is 310 Å². The molecule has 0 fully saturated rings. The average Bonchev–Trinajstić information content (AvgIpc) is 3.30. The van der Waals surface area contributed by atoms with E-state index in [-0.39, 0.29) is 12.3 Å². The van der Waals surface area contributed by atoms with E-state index in [9.17, 15) is 19.8 Å². The molecule has 0 aliphatic heterocycles. The SMILES string of the molecule is CCCCCCCC/C=C\CCCCCC(CC(=O)O)C(CCC(CCCCCCCCCCC)C(CC)CCCCCCCCCCCCCCCCCCCCCCCCC)C(=O)O. The zero-order valence-corrected chi connectivity index (χ0v) is 45.5. The molecule has 0 spiro atoms. The maximum Gasteiger partial charge on any atom is 0.306 e. The molecule has 0 radical (unpaired) electrons. The van der Waals surface area contributed by atoms with Crippen molar-refractivity contribution >= 4 is 11.9 Å². The fraction of sp³-hybridized carbons (Fsp3) is 0.935. The molecule has 0 saturated heterocycles. The lowest BCUT2D eigenvalue weighted by atomic mass is 9.75. The number of aliphatic carboxylic acids is 2. The smallest absolute Gasteiger partial charge is 0.306 e. The molecular weight excluding hydrogens is 809 g/mol. The molecule has 0 saturated carbocycles. The van der Waals surface area contributed by atoms with Crippen molar-refractivity contribution in [3.05, 3.63) is 12.2 Å². The maximum absolute atomic E-state index is 12.8. The van der Waals surface area contributed by atoms with Crippen LogP contribution >= 0.6 is 0 Å². The summed E-state index contributed by atoms with van der Waals surface area (Å²) in [6.07, 6.45) is 68.5. The Hall–Kier alpha value is -1.32. The standard InChI is InChI=1S/C62H120O4/c1-5-9-12-15-18-21-23-25-26-27-28-29-30-31-32-33-34-36-37-40-42-45-48-51-57(8-4)58(52-49-46-43-39-20-17-14-11-7-3)54-55-60(62(65)66)59(56-61(63)64)53-50-47-44-41-38-35-24-22-19-16-13-10-6-2/h35,38,57-60H,5-34,36-37,39-56H2,1-4H3,(H,63,64)(H,65,66)/b38-35-. The van der Waals surface area contributed by atoms with Crippen LogP contribution in [0.3, 0.4) is 0 Å². The van der Waals surface area contributed by atoms with Crippen molar-refractivity contribution in [1.29, 1.82) is 0 Å². The number of carboxylic acid groups (broad SMARTS) is 2.